The molecule has 3 N–H and O–H groups in total. The highest BCUT2D eigenvalue weighted by Crippen LogP contribution is 2.21. The van der Waals surface area contributed by atoms with Gasteiger partial charge < -0.3 is 10.8 Å². The maximum Gasteiger partial charge on any atom is 0.0448 e. The number of aliphatic hydroxyl groups excluding tert-OH is 1. The van der Waals surface area contributed by atoms with E-state index in [1.165, 1.54) is 6.42 Å². The molecule has 11 heavy (non-hydrogen) atoms. The van der Waals surface area contributed by atoms with Crippen molar-refractivity contribution in [3.05, 3.63) is 0 Å². The van der Waals surface area contributed by atoms with E-state index < -0.39 is 0 Å². The number of aliphatic hydroxyl groups is 1. The van der Waals surface area contributed by atoms with E-state index in [1.807, 2.05) is 6.92 Å². The fourth-order valence-electron chi connectivity index (χ4n) is 1.25. The van der Waals surface area contributed by atoms with Crippen LogP contribution in [0.25, 0.3) is 0 Å². The lowest BCUT2D eigenvalue weighted by Crippen LogP contribution is -2.43. The van der Waals surface area contributed by atoms with Gasteiger partial charge in [0.25, 0.3) is 0 Å². The third-order valence-corrected chi connectivity index (χ3v) is 2.50. The van der Waals surface area contributed by atoms with Crippen molar-refractivity contribution >= 4 is 0 Å². The van der Waals surface area contributed by atoms with Crippen LogP contribution in [0, 0.1) is 5.92 Å². The topological polar surface area (TPSA) is 46.2 Å². The monoisotopic (exact) mass is 159 g/mol. The zero-order chi connectivity index (χ0) is 8.91. The first-order valence-corrected chi connectivity index (χ1v) is 4.44. The molecule has 0 aromatic rings. The Labute approximate surface area is 69.8 Å². The lowest BCUT2D eigenvalue weighted by atomic mass is 9.82. The van der Waals surface area contributed by atoms with Crippen LogP contribution in [0.15, 0.2) is 0 Å². The fraction of sp³-hybridized carbons (Fsp3) is 1.00. The van der Waals surface area contributed by atoms with Gasteiger partial charge in [-0.15, -0.1) is 0 Å². The van der Waals surface area contributed by atoms with Gasteiger partial charge in [-0.2, -0.15) is 0 Å². The third-order valence-electron chi connectivity index (χ3n) is 2.50. The van der Waals surface area contributed by atoms with E-state index in [-0.39, 0.29) is 12.1 Å². The molecule has 0 aromatic heterocycles. The molecule has 0 fully saturated rings. The molecule has 0 bridgehead atoms. The average Bonchev–Trinajstić information content (AvgIpc) is 1.88. The minimum atomic E-state index is -0.190. The minimum absolute atomic E-state index is 0.190. The number of hydrogen-bond donors (Lipinski definition) is 2. The summed E-state index contributed by atoms with van der Waals surface area (Å²) in [5, 5.41) is 8.74. The summed E-state index contributed by atoms with van der Waals surface area (Å²) in [6.07, 6.45) is 3.01. The molecule has 2 nitrogen and oxygen atoms in total. The van der Waals surface area contributed by atoms with Crippen molar-refractivity contribution < 1.29 is 5.11 Å². The van der Waals surface area contributed by atoms with Gasteiger partial charge in [0.2, 0.25) is 0 Å². The van der Waals surface area contributed by atoms with Crippen molar-refractivity contribution in [3.8, 4) is 0 Å². The Bertz CT molecular complexity index is 102. The molecule has 0 aliphatic heterocycles. The summed E-state index contributed by atoms with van der Waals surface area (Å²) in [7, 11) is 0. The summed E-state index contributed by atoms with van der Waals surface area (Å²) >= 11 is 0. The van der Waals surface area contributed by atoms with E-state index >= 15 is 0 Å². The van der Waals surface area contributed by atoms with Crippen LogP contribution in [-0.2, 0) is 0 Å². The van der Waals surface area contributed by atoms with Gasteiger partial charge in [0, 0.05) is 12.1 Å². The van der Waals surface area contributed by atoms with Gasteiger partial charge in [0.15, 0.2) is 0 Å². The highest BCUT2D eigenvalue weighted by molar-refractivity contribution is 4.83. The first kappa shape index (κ1) is 10.9. The van der Waals surface area contributed by atoms with Crippen molar-refractivity contribution in [2.75, 3.05) is 6.61 Å². The normalized spacial score (nSPS) is 19.4. The second kappa shape index (κ2) is 4.73. The van der Waals surface area contributed by atoms with Crippen molar-refractivity contribution in [2.24, 2.45) is 11.7 Å². The van der Waals surface area contributed by atoms with E-state index in [0.29, 0.717) is 12.3 Å². The quantitative estimate of drug-likeness (QED) is 0.639. The Balaban J connectivity index is 3.83. The highest BCUT2D eigenvalue weighted by atomic mass is 16.3. The van der Waals surface area contributed by atoms with Crippen LogP contribution < -0.4 is 5.73 Å². The lowest BCUT2D eigenvalue weighted by molar-refractivity contribution is 0.201. The van der Waals surface area contributed by atoms with Crippen molar-refractivity contribution in [1.29, 1.82) is 0 Å². The summed E-state index contributed by atoms with van der Waals surface area (Å²) in [5.74, 6) is 0.500. The van der Waals surface area contributed by atoms with Crippen LogP contribution in [0.1, 0.15) is 40.0 Å². The molecule has 0 aromatic carbocycles. The van der Waals surface area contributed by atoms with Gasteiger partial charge >= 0.3 is 0 Å². The van der Waals surface area contributed by atoms with Crippen LogP contribution in [0.4, 0.5) is 0 Å². The van der Waals surface area contributed by atoms with E-state index in [0.717, 1.165) is 6.42 Å². The molecule has 0 heterocycles. The van der Waals surface area contributed by atoms with Crippen LogP contribution in [0.2, 0.25) is 0 Å². The molecular formula is C9H21NO. The first-order valence-electron chi connectivity index (χ1n) is 4.44. The third kappa shape index (κ3) is 3.73. The smallest absolute Gasteiger partial charge is 0.0448 e. The minimum Gasteiger partial charge on any atom is -0.396 e. The SMILES string of the molecule is CCCC(C)C(C)(N)CCO. The molecule has 0 saturated carbocycles. The maximum absolute atomic E-state index is 8.74. The molecule has 0 aliphatic rings. The molecule has 68 valence electrons. The Kier molecular flexibility index (Phi) is 4.69. The standard InChI is InChI=1S/C9H21NO/c1-4-5-8(2)9(3,10)6-7-11/h8,11H,4-7,10H2,1-3H3. The van der Waals surface area contributed by atoms with Crippen molar-refractivity contribution in [1.82, 2.24) is 0 Å². The van der Waals surface area contributed by atoms with Crippen LogP contribution in [-0.4, -0.2) is 17.3 Å². The molecule has 2 unspecified atom stereocenters. The second-order valence-corrected chi connectivity index (χ2v) is 3.67. The second-order valence-electron chi connectivity index (χ2n) is 3.67. The molecule has 0 amide bonds. The Hall–Kier alpha value is -0.0800. The zero-order valence-electron chi connectivity index (χ0n) is 7.93. The summed E-state index contributed by atoms with van der Waals surface area (Å²) in [6, 6.07) is 0. The summed E-state index contributed by atoms with van der Waals surface area (Å²) < 4.78 is 0. The predicted molar refractivity (Wildman–Crippen MR) is 48.4 cm³/mol. The van der Waals surface area contributed by atoms with Crippen LogP contribution >= 0.6 is 0 Å². The molecule has 2 atom stereocenters. The van der Waals surface area contributed by atoms with Gasteiger partial charge in [-0.05, 0) is 25.7 Å². The van der Waals surface area contributed by atoms with Crippen molar-refractivity contribution in [3.63, 3.8) is 0 Å². The average molecular weight is 159 g/mol. The Morgan fingerprint density at radius 2 is 2.09 bits per heavy atom. The van der Waals surface area contributed by atoms with E-state index in [9.17, 15) is 0 Å². The molecular weight excluding hydrogens is 138 g/mol. The number of hydrogen-bond acceptors (Lipinski definition) is 2. The number of rotatable bonds is 5. The van der Waals surface area contributed by atoms with Gasteiger partial charge in [-0.3, -0.25) is 0 Å². The Morgan fingerprint density at radius 1 is 1.55 bits per heavy atom. The molecule has 0 spiro atoms. The van der Waals surface area contributed by atoms with Gasteiger partial charge in [0.05, 0.1) is 0 Å². The van der Waals surface area contributed by atoms with Gasteiger partial charge in [0.1, 0.15) is 0 Å². The van der Waals surface area contributed by atoms with Gasteiger partial charge in [-0.25, -0.2) is 0 Å². The van der Waals surface area contributed by atoms with E-state index in [1.54, 1.807) is 0 Å². The van der Waals surface area contributed by atoms with E-state index in [2.05, 4.69) is 13.8 Å². The predicted octanol–water partition coefficient (Wildman–Crippen LogP) is 1.52. The Morgan fingerprint density at radius 3 is 2.45 bits per heavy atom. The molecule has 2 heteroatoms. The summed E-state index contributed by atoms with van der Waals surface area (Å²) in [5.41, 5.74) is 5.81. The number of nitrogens with two attached hydrogens (primary N) is 1. The summed E-state index contributed by atoms with van der Waals surface area (Å²) in [4.78, 5) is 0. The largest absolute Gasteiger partial charge is 0.396 e. The molecule has 0 aliphatic carbocycles. The molecule has 0 saturated heterocycles. The van der Waals surface area contributed by atoms with Crippen LogP contribution in [0.5, 0.6) is 0 Å². The van der Waals surface area contributed by atoms with Gasteiger partial charge in [-0.1, -0.05) is 20.3 Å². The first-order chi connectivity index (χ1) is 5.04. The molecule has 0 radical (unpaired) electrons. The maximum atomic E-state index is 8.74. The summed E-state index contributed by atoms with van der Waals surface area (Å²) in [6.45, 7) is 6.52. The molecule has 0 rings (SSSR count). The highest BCUT2D eigenvalue weighted by Gasteiger charge is 2.24. The zero-order valence-corrected chi connectivity index (χ0v) is 7.93. The van der Waals surface area contributed by atoms with Crippen LogP contribution in [0.3, 0.4) is 0 Å². The fourth-order valence-corrected chi connectivity index (χ4v) is 1.25. The van der Waals surface area contributed by atoms with E-state index in [4.69, 9.17) is 10.8 Å². The lowest BCUT2D eigenvalue weighted by Gasteiger charge is -2.30. The van der Waals surface area contributed by atoms with Crippen molar-refractivity contribution in [2.45, 2.75) is 45.6 Å².